The number of methoxy groups -OCH3 is 1. The second-order valence-electron chi connectivity index (χ2n) is 5.26. The van der Waals surface area contributed by atoms with Crippen LogP contribution < -0.4 is 5.32 Å². The summed E-state index contributed by atoms with van der Waals surface area (Å²) in [7, 11) is 1.30. The van der Waals surface area contributed by atoms with Crippen LogP contribution in [-0.4, -0.2) is 19.1 Å². The van der Waals surface area contributed by atoms with Crippen LogP contribution in [0.4, 0.5) is 8.78 Å². The van der Waals surface area contributed by atoms with E-state index in [1.165, 1.54) is 14.0 Å². The van der Waals surface area contributed by atoms with Crippen molar-refractivity contribution in [3.63, 3.8) is 0 Å². The van der Waals surface area contributed by atoms with Crippen LogP contribution in [0.2, 0.25) is 0 Å². The van der Waals surface area contributed by atoms with Gasteiger partial charge in [-0.25, -0.2) is 8.78 Å². The zero-order valence-electron chi connectivity index (χ0n) is 12.5. The largest absolute Gasteiger partial charge is 0.468 e. The molecule has 1 aromatic carbocycles. The van der Waals surface area contributed by atoms with E-state index in [4.69, 9.17) is 4.74 Å². The van der Waals surface area contributed by atoms with E-state index >= 15 is 0 Å². The van der Waals surface area contributed by atoms with Gasteiger partial charge in [-0.15, -0.1) is 0 Å². The zero-order chi connectivity index (χ0) is 15.4. The molecular weight excluding hydrogens is 264 g/mol. The summed E-state index contributed by atoms with van der Waals surface area (Å²) in [6.07, 6.45) is 0. The zero-order valence-corrected chi connectivity index (χ0v) is 12.5. The van der Waals surface area contributed by atoms with Gasteiger partial charge in [0.15, 0.2) is 0 Å². The van der Waals surface area contributed by atoms with E-state index in [9.17, 15) is 13.6 Å². The lowest BCUT2D eigenvalue weighted by Crippen LogP contribution is -2.43. The molecule has 0 heterocycles. The van der Waals surface area contributed by atoms with E-state index in [2.05, 4.69) is 5.32 Å². The Morgan fingerprint density at radius 2 is 1.80 bits per heavy atom. The van der Waals surface area contributed by atoms with Crippen molar-refractivity contribution in [2.75, 3.05) is 7.11 Å². The number of esters is 1. The van der Waals surface area contributed by atoms with E-state index in [-0.39, 0.29) is 17.0 Å². The minimum atomic E-state index is -0.571. The summed E-state index contributed by atoms with van der Waals surface area (Å²) in [4.78, 5) is 11.7. The van der Waals surface area contributed by atoms with E-state index in [0.717, 1.165) is 12.1 Å². The van der Waals surface area contributed by atoms with E-state index < -0.39 is 29.7 Å². The van der Waals surface area contributed by atoms with Crippen molar-refractivity contribution in [1.29, 1.82) is 0 Å². The third-order valence-corrected chi connectivity index (χ3v) is 3.30. The number of hydrogen-bond acceptors (Lipinski definition) is 3. The molecule has 0 saturated heterocycles. The van der Waals surface area contributed by atoms with Crippen molar-refractivity contribution >= 4 is 5.97 Å². The minimum absolute atomic E-state index is 0.0248. The first kappa shape index (κ1) is 16.6. The molecular formula is C15H21F2NO2. The van der Waals surface area contributed by atoms with Crippen molar-refractivity contribution in [2.24, 2.45) is 5.92 Å². The van der Waals surface area contributed by atoms with E-state index in [1.807, 2.05) is 13.8 Å². The summed E-state index contributed by atoms with van der Waals surface area (Å²) in [5, 5.41) is 2.99. The molecule has 5 heteroatoms. The second kappa shape index (κ2) is 6.79. The van der Waals surface area contributed by atoms with Gasteiger partial charge in [0.25, 0.3) is 0 Å². The number of halogens is 2. The van der Waals surface area contributed by atoms with Gasteiger partial charge in [0.2, 0.25) is 0 Å². The Bertz CT molecular complexity index is 489. The maximum atomic E-state index is 13.9. The topological polar surface area (TPSA) is 38.3 Å². The van der Waals surface area contributed by atoms with Crippen LogP contribution in [0.1, 0.15) is 37.9 Å². The maximum absolute atomic E-state index is 13.9. The molecule has 0 aliphatic rings. The highest BCUT2D eigenvalue weighted by Crippen LogP contribution is 2.22. The lowest BCUT2D eigenvalue weighted by atomic mass is 10.00. The lowest BCUT2D eigenvalue weighted by Gasteiger charge is -2.25. The van der Waals surface area contributed by atoms with E-state index in [0.29, 0.717) is 0 Å². The fourth-order valence-corrected chi connectivity index (χ4v) is 2.01. The molecule has 0 fully saturated rings. The third kappa shape index (κ3) is 3.76. The second-order valence-corrected chi connectivity index (χ2v) is 5.26. The van der Waals surface area contributed by atoms with Gasteiger partial charge in [0, 0.05) is 11.6 Å². The van der Waals surface area contributed by atoms with Crippen LogP contribution in [0.25, 0.3) is 0 Å². The SMILES string of the molecule is COC(=O)[C@@H](NC(C)c1cc(F)c(C)cc1F)C(C)C. The van der Waals surface area contributed by atoms with Gasteiger partial charge in [-0.05, 0) is 37.5 Å². The highest BCUT2D eigenvalue weighted by Gasteiger charge is 2.26. The van der Waals surface area contributed by atoms with Gasteiger partial charge in [0.1, 0.15) is 17.7 Å². The van der Waals surface area contributed by atoms with Crippen molar-refractivity contribution in [2.45, 2.75) is 39.8 Å². The number of rotatable bonds is 5. The van der Waals surface area contributed by atoms with Crippen LogP contribution >= 0.6 is 0 Å². The lowest BCUT2D eigenvalue weighted by molar-refractivity contribution is -0.144. The minimum Gasteiger partial charge on any atom is -0.468 e. The summed E-state index contributed by atoms with van der Waals surface area (Å²) >= 11 is 0. The first-order valence-corrected chi connectivity index (χ1v) is 6.57. The normalized spacial score (nSPS) is 14.2. The number of nitrogens with one attached hydrogen (secondary N) is 1. The fourth-order valence-electron chi connectivity index (χ4n) is 2.01. The van der Waals surface area contributed by atoms with Crippen LogP contribution in [0.5, 0.6) is 0 Å². The average molecular weight is 285 g/mol. The predicted molar refractivity (Wildman–Crippen MR) is 73.3 cm³/mol. The van der Waals surface area contributed by atoms with Crippen LogP contribution in [0.3, 0.4) is 0 Å². The van der Waals surface area contributed by atoms with Gasteiger partial charge in [-0.1, -0.05) is 13.8 Å². The maximum Gasteiger partial charge on any atom is 0.323 e. The Kier molecular flexibility index (Phi) is 5.62. The number of carbonyl (C=O) groups excluding carboxylic acids is 1. The standard InChI is InChI=1S/C15H21F2NO2/c1-8(2)14(15(19)20-5)18-10(4)11-7-12(16)9(3)6-13(11)17/h6-8,10,14,18H,1-5H3/t10?,14-/m0/s1. The number of benzene rings is 1. The summed E-state index contributed by atoms with van der Waals surface area (Å²) in [5.41, 5.74) is 0.453. The smallest absolute Gasteiger partial charge is 0.323 e. The summed E-state index contributed by atoms with van der Waals surface area (Å²) < 4.78 is 32.2. The third-order valence-electron chi connectivity index (χ3n) is 3.30. The predicted octanol–water partition coefficient (Wildman–Crippen LogP) is 3.12. The molecule has 0 saturated carbocycles. The van der Waals surface area contributed by atoms with Gasteiger partial charge >= 0.3 is 5.97 Å². The van der Waals surface area contributed by atoms with Crippen molar-refractivity contribution in [1.82, 2.24) is 5.32 Å². The molecule has 0 aliphatic heterocycles. The number of hydrogen-bond donors (Lipinski definition) is 1. The Morgan fingerprint density at radius 3 is 2.30 bits per heavy atom. The van der Waals surface area contributed by atoms with Crippen LogP contribution in [0.15, 0.2) is 12.1 Å². The molecule has 0 radical (unpaired) electrons. The molecule has 3 nitrogen and oxygen atoms in total. The van der Waals surface area contributed by atoms with Crippen molar-refractivity contribution in [3.05, 3.63) is 34.9 Å². The summed E-state index contributed by atoms with van der Waals surface area (Å²) in [6, 6.07) is 1.25. The first-order chi connectivity index (χ1) is 9.27. The highest BCUT2D eigenvalue weighted by molar-refractivity contribution is 5.76. The molecule has 112 valence electrons. The number of ether oxygens (including phenoxy) is 1. The number of aryl methyl sites for hydroxylation is 1. The molecule has 0 amide bonds. The summed E-state index contributed by atoms with van der Waals surface area (Å²) in [6.45, 7) is 6.90. The molecule has 0 spiro atoms. The molecule has 1 rings (SSSR count). The molecule has 0 bridgehead atoms. The number of carbonyl (C=O) groups is 1. The van der Waals surface area contributed by atoms with Crippen molar-refractivity contribution < 1.29 is 18.3 Å². The quantitative estimate of drug-likeness (QED) is 0.845. The first-order valence-electron chi connectivity index (χ1n) is 6.57. The summed E-state index contributed by atoms with van der Waals surface area (Å²) in [5.74, 6) is -1.39. The Morgan fingerprint density at radius 1 is 1.20 bits per heavy atom. The van der Waals surface area contributed by atoms with Gasteiger partial charge in [-0.2, -0.15) is 0 Å². The molecule has 1 aromatic rings. The average Bonchev–Trinajstić information content (AvgIpc) is 2.38. The Hall–Kier alpha value is -1.49. The van der Waals surface area contributed by atoms with Crippen LogP contribution in [0, 0.1) is 24.5 Å². The molecule has 0 aromatic heterocycles. The highest BCUT2D eigenvalue weighted by atomic mass is 19.1. The fraction of sp³-hybridized carbons (Fsp3) is 0.533. The van der Waals surface area contributed by atoms with Crippen LogP contribution in [-0.2, 0) is 9.53 Å². The van der Waals surface area contributed by atoms with Gasteiger partial charge in [0.05, 0.1) is 7.11 Å². The van der Waals surface area contributed by atoms with Gasteiger partial charge < -0.3 is 4.74 Å². The molecule has 20 heavy (non-hydrogen) atoms. The Balaban J connectivity index is 2.97. The molecule has 2 atom stereocenters. The molecule has 0 aliphatic carbocycles. The molecule has 1 unspecified atom stereocenters. The van der Waals surface area contributed by atoms with E-state index in [1.54, 1.807) is 6.92 Å². The van der Waals surface area contributed by atoms with Gasteiger partial charge in [-0.3, -0.25) is 10.1 Å². The van der Waals surface area contributed by atoms with Crippen molar-refractivity contribution in [3.8, 4) is 0 Å². The molecule has 1 N–H and O–H groups in total. The monoisotopic (exact) mass is 285 g/mol. The Labute approximate surface area is 118 Å².